The summed E-state index contributed by atoms with van der Waals surface area (Å²) in [6.07, 6.45) is 0. The van der Waals surface area contributed by atoms with Crippen LogP contribution in [0.1, 0.15) is 12.7 Å². The molecule has 1 aromatic carbocycles. The van der Waals surface area contributed by atoms with Crippen molar-refractivity contribution in [1.29, 1.82) is 0 Å². The molecule has 0 bridgehead atoms. The van der Waals surface area contributed by atoms with Gasteiger partial charge in [-0.05, 0) is 25.1 Å². The maximum Gasteiger partial charge on any atom is 0.159 e. The second-order valence-electron chi connectivity index (χ2n) is 3.86. The molecular formula is C13H13F2N3O. The molecule has 0 aliphatic heterocycles. The number of hydrogen-bond acceptors (Lipinski definition) is 4. The van der Waals surface area contributed by atoms with E-state index in [1.807, 2.05) is 6.92 Å². The van der Waals surface area contributed by atoms with Crippen LogP contribution in [0.3, 0.4) is 0 Å². The fraction of sp³-hybridized carbons (Fsp3) is 0.231. The number of halogens is 2. The molecule has 0 spiro atoms. The molecule has 1 aromatic heterocycles. The Kier molecular flexibility index (Phi) is 4.01. The van der Waals surface area contributed by atoms with Crippen LogP contribution < -0.4 is 5.73 Å². The van der Waals surface area contributed by atoms with Gasteiger partial charge in [0.1, 0.15) is 12.4 Å². The van der Waals surface area contributed by atoms with Crippen LogP contribution in [-0.4, -0.2) is 16.6 Å². The van der Waals surface area contributed by atoms with Crippen LogP contribution in [0.4, 0.5) is 14.6 Å². The lowest BCUT2D eigenvalue weighted by molar-refractivity contribution is 0.128. The molecule has 0 aliphatic rings. The van der Waals surface area contributed by atoms with Crippen LogP contribution in [-0.2, 0) is 11.3 Å². The molecule has 2 N–H and O–H groups in total. The van der Waals surface area contributed by atoms with E-state index in [9.17, 15) is 8.78 Å². The van der Waals surface area contributed by atoms with Crippen molar-refractivity contribution in [1.82, 2.24) is 9.97 Å². The molecule has 100 valence electrons. The molecule has 6 heteroatoms. The van der Waals surface area contributed by atoms with Gasteiger partial charge >= 0.3 is 0 Å². The normalized spacial score (nSPS) is 10.7. The molecule has 0 atom stereocenters. The molecule has 0 saturated carbocycles. The zero-order chi connectivity index (χ0) is 13.8. The largest absolute Gasteiger partial charge is 0.384 e. The van der Waals surface area contributed by atoms with Crippen LogP contribution in [0.5, 0.6) is 0 Å². The zero-order valence-corrected chi connectivity index (χ0v) is 10.4. The molecule has 0 unspecified atom stereocenters. The zero-order valence-electron chi connectivity index (χ0n) is 10.4. The lowest BCUT2D eigenvalue weighted by Crippen LogP contribution is -2.03. The molecule has 2 rings (SSSR count). The number of aromatic nitrogens is 2. The smallest absolute Gasteiger partial charge is 0.159 e. The summed E-state index contributed by atoms with van der Waals surface area (Å²) in [6.45, 7) is 2.60. The Balaban J connectivity index is 2.37. The van der Waals surface area contributed by atoms with Crippen LogP contribution >= 0.6 is 0 Å². The third-order valence-electron chi connectivity index (χ3n) is 2.44. The van der Waals surface area contributed by atoms with Gasteiger partial charge in [0.15, 0.2) is 17.5 Å². The van der Waals surface area contributed by atoms with Crippen LogP contribution in [0, 0.1) is 11.6 Å². The molecule has 0 fully saturated rings. The minimum Gasteiger partial charge on any atom is -0.384 e. The molecule has 0 aliphatic carbocycles. The summed E-state index contributed by atoms with van der Waals surface area (Å²) in [7, 11) is 0. The third-order valence-corrected chi connectivity index (χ3v) is 2.44. The van der Waals surface area contributed by atoms with Gasteiger partial charge in [-0.3, -0.25) is 0 Å². The third kappa shape index (κ3) is 3.23. The lowest BCUT2D eigenvalue weighted by atomic mass is 10.1. The van der Waals surface area contributed by atoms with Crippen molar-refractivity contribution in [3.8, 4) is 11.3 Å². The van der Waals surface area contributed by atoms with Gasteiger partial charge in [-0.2, -0.15) is 0 Å². The van der Waals surface area contributed by atoms with Crippen molar-refractivity contribution in [3.63, 3.8) is 0 Å². The summed E-state index contributed by atoms with van der Waals surface area (Å²) in [4.78, 5) is 8.22. The summed E-state index contributed by atoms with van der Waals surface area (Å²) < 4.78 is 31.3. The van der Waals surface area contributed by atoms with Gasteiger partial charge in [0.25, 0.3) is 0 Å². The predicted molar refractivity (Wildman–Crippen MR) is 67.1 cm³/mol. The number of anilines is 1. The van der Waals surface area contributed by atoms with Crippen molar-refractivity contribution in [2.45, 2.75) is 13.5 Å². The van der Waals surface area contributed by atoms with E-state index in [0.29, 0.717) is 23.7 Å². The Morgan fingerprint density at radius 3 is 2.63 bits per heavy atom. The summed E-state index contributed by atoms with van der Waals surface area (Å²) >= 11 is 0. The first-order chi connectivity index (χ1) is 9.10. The number of nitrogen functional groups attached to an aromatic ring is 1. The second kappa shape index (κ2) is 5.71. The molecule has 0 amide bonds. The summed E-state index contributed by atoms with van der Waals surface area (Å²) in [6, 6.07) is 5.06. The van der Waals surface area contributed by atoms with Gasteiger partial charge in [-0.25, -0.2) is 18.7 Å². The fourth-order valence-electron chi connectivity index (χ4n) is 1.58. The van der Waals surface area contributed by atoms with Gasteiger partial charge in [0, 0.05) is 18.2 Å². The van der Waals surface area contributed by atoms with Crippen LogP contribution in [0.15, 0.2) is 24.3 Å². The Morgan fingerprint density at radius 2 is 1.95 bits per heavy atom. The highest BCUT2D eigenvalue weighted by Crippen LogP contribution is 2.21. The fourth-order valence-corrected chi connectivity index (χ4v) is 1.58. The first-order valence-corrected chi connectivity index (χ1v) is 5.76. The van der Waals surface area contributed by atoms with Crippen LogP contribution in [0.2, 0.25) is 0 Å². The number of hydrogen-bond donors (Lipinski definition) is 1. The number of ether oxygens (including phenoxy) is 1. The summed E-state index contributed by atoms with van der Waals surface area (Å²) in [5.74, 6) is -1.17. The van der Waals surface area contributed by atoms with Crippen molar-refractivity contribution in [3.05, 3.63) is 41.7 Å². The summed E-state index contributed by atoms with van der Waals surface area (Å²) in [5.41, 5.74) is 6.53. The number of rotatable bonds is 4. The quantitative estimate of drug-likeness (QED) is 0.922. The minimum absolute atomic E-state index is 0.220. The predicted octanol–water partition coefficient (Wildman–Crippen LogP) is 2.54. The van der Waals surface area contributed by atoms with Crippen LogP contribution in [0.25, 0.3) is 11.3 Å². The monoisotopic (exact) mass is 265 g/mol. The number of benzene rings is 1. The molecule has 0 saturated heterocycles. The average molecular weight is 265 g/mol. The molecule has 1 heterocycles. The van der Waals surface area contributed by atoms with Crippen molar-refractivity contribution >= 4 is 5.82 Å². The molecular weight excluding hydrogens is 252 g/mol. The standard InChI is InChI=1S/C13H13F2N3O/c1-2-19-7-13-17-11(6-12(16)18-13)8-3-4-9(14)10(15)5-8/h3-6H,2,7H2,1H3,(H2,16,17,18). The van der Waals surface area contributed by atoms with E-state index in [2.05, 4.69) is 9.97 Å². The Hall–Kier alpha value is -2.08. The number of nitrogens with two attached hydrogens (primary N) is 1. The highest BCUT2D eigenvalue weighted by atomic mass is 19.2. The van der Waals surface area contributed by atoms with Crippen molar-refractivity contribution < 1.29 is 13.5 Å². The van der Waals surface area contributed by atoms with Crippen molar-refractivity contribution in [2.75, 3.05) is 12.3 Å². The summed E-state index contributed by atoms with van der Waals surface area (Å²) in [5, 5.41) is 0. The van der Waals surface area contributed by atoms with E-state index in [4.69, 9.17) is 10.5 Å². The first-order valence-electron chi connectivity index (χ1n) is 5.76. The lowest BCUT2D eigenvalue weighted by Gasteiger charge is -2.06. The van der Waals surface area contributed by atoms with Gasteiger partial charge < -0.3 is 10.5 Å². The maximum absolute atomic E-state index is 13.2. The maximum atomic E-state index is 13.2. The molecule has 19 heavy (non-hydrogen) atoms. The average Bonchev–Trinajstić information content (AvgIpc) is 2.39. The Labute approximate surface area is 109 Å². The van der Waals surface area contributed by atoms with Crippen molar-refractivity contribution in [2.24, 2.45) is 0 Å². The number of nitrogens with zero attached hydrogens (tertiary/aromatic N) is 2. The SMILES string of the molecule is CCOCc1nc(N)cc(-c2ccc(F)c(F)c2)n1. The van der Waals surface area contributed by atoms with E-state index in [1.54, 1.807) is 0 Å². The topological polar surface area (TPSA) is 61.0 Å². The Morgan fingerprint density at radius 1 is 1.16 bits per heavy atom. The van der Waals surface area contributed by atoms with Gasteiger partial charge in [0.2, 0.25) is 0 Å². The molecule has 4 nitrogen and oxygen atoms in total. The minimum atomic E-state index is -0.930. The first kappa shape index (κ1) is 13.4. The van der Waals surface area contributed by atoms with E-state index in [0.717, 1.165) is 12.1 Å². The van der Waals surface area contributed by atoms with Gasteiger partial charge in [-0.1, -0.05) is 0 Å². The Bertz CT molecular complexity index is 590. The molecule has 2 aromatic rings. The van der Waals surface area contributed by atoms with E-state index >= 15 is 0 Å². The van der Waals surface area contributed by atoms with Gasteiger partial charge in [0.05, 0.1) is 5.69 Å². The highest BCUT2D eigenvalue weighted by Gasteiger charge is 2.08. The second-order valence-corrected chi connectivity index (χ2v) is 3.86. The van der Waals surface area contributed by atoms with E-state index in [1.165, 1.54) is 12.1 Å². The van der Waals surface area contributed by atoms with E-state index < -0.39 is 11.6 Å². The molecule has 0 radical (unpaired) electrons. The highest BCUT2D eigenvalue weighted by molar-refractivity contribution is 5.61. The van der Waals surface area contributed by atoms with Gasteiger partial charge in [-0.15, -0.1) is 0 Å². The van der Waals surface area contributed by atoms with E-state index in [-0.39, 0.29) is 12.4 Å².